The highest BCUT2D eigenvalue weighted by molar-refractivity contribution is 6.06. The van der Waals surface area contributed by atoms with E-state index in [4.69, 9.17) is 4.98 Å². The number of carbonyl (C=O) groups is 1. The first-order valence-electron chi connectivity index (χ1n) is 6.53. The van der Waals surface area contributed by atoms with Crippen molar-refractivity contribution in [2.45, 2.75) is 52.4 Å². The van der Waals surface area contributed by atoms with Crippen molar-refractivity contribution >= 4 is 11.7 Å². The molecule has 0 spiro atoms. The highest BCUT2D eigenvalue weighted by Crippen LogP contribution is 2.41. The summed E-state index contributed by atoms with van der Waals surface area (Å²) in [5.41, 5.74) is 1.63. The summed E-state index contributed by atoms with van der Waals surface area (Å²) in [5, 5.41) is 0. The van der Waals surface area contributed by atoms with Crippen LogP contribution in [0.2, 0.25) is 0 Å². The molecular formula is C15H22N2O. The molecular weight excluding hydrogens is 224 g/mol. The van der Waals surface area contributed by atoms with Crippen LogP contribution in [0.5, 0.6) is 0 Å². The number of pyridine rings is 1. The summed E-state index contributed by atoms with van der Waals surface area (Å²) in [4.78, 5) is 18.9. The van der Waals surface area contributed by atoms with Gasteiger partial charge in [0.05, 0.1) is 5.41 Å². The summed E-state index contributed by atoms with van der Waals surface area (Å²) < 4.78 is 0. The van der Waals surface area contributed by atoms with E-state index in [0.29, 0.717) is 6.54 Å². The summed E-state index contributed by atoms with van der Waals surface area (Å²) in [7, 11) is 0. The van der Waals surface area contributed by atoms with E-state index in [-0.39, 0.29) is 11.3 Å². The fourth-order valence-electron chi connectivity index (χ4n) is 2.40. The molecule has 0 unspecified atom stereocenters. The van der Waals surface area contributed by atoms with Crippen molar-refractivity contribution in [1.82, 2.24) is 4.98 Å². The fraction of sp³-hybridized carbons (Fsp3) is 0.600. The van der Waals surface area contributed by atoms with E-state index < -0.39 is 5.41 Å². The second kappa shape index (κ2) is 3.81. The number of amides is 1. The number of aromatic nitrogens is 1. The van der Waals surface area contributed by atoms with E-state index >= 15 is 0 Å². The van der Waals surface area contributed by atoms with Crippen molar-refractivity contribution in [2.24, 2.45) is 0 Å². The topological polar surface area (TPSA) is 33.2 Å². The van der Waals surface area contributed by atoms with Crippen LogP contribution in [0.3, 0.4) is 0 Å². The Bertz CT molecular complexity index is 498. The zero-order valence-corrected chi connectivity index (χ0v) is 12.2. The van der Waals surface area contributed by atoms with Crippen LogP contribution < -0.4 is 4.90 Å². The molecule has 0 aromatic carbocycles. The Morgan fingerprint density at radius 3 is 2.39 bits per heavy atom. The number of carbonyl (C=O) groups excluding carboxylic acids is 1. The molecule has 1 aromatic heterocycles. The molecule has 0 atom stereocenters. The van der Waals surface area contributed by atoms with Gasteiger partial charge < -0.3 is 0 Å². The predicted octanol–water partition coefficient (Wildman–Crippen LogP) is 3.02. The lowest BCUT2D eigenvalue weighted by atomic mass is 9.85. The molecule has 0 N–H and O–H groups in total. The average molecular weight is 246 g/mol. The molecule has 0 saturated heterocycles. The normalized spacial score (nSPS) is 18.1. The number of fused-ring (bicyclic) bond motifs is 1. The van der Waals surface area contributed by atoms with Crippen molar-refractivity contribution in [1.29, 1.82) is 0 Å². The molecule has 1 aliphatic rings. The maximum atomic E-state index is 12.4. The molecule has 0 radical (unpaired) electrons. The van der Waals surface area contributed by atoms with Gasteiger partial charge in [-0.05, 0) is 26.8 Å². The Balaban J connectivity index is 2.61. The Hall–Kier alpha value is -1.38. The number of likely N-dealkylation sites (N-methyl/N-ethyl adjacent to an activating group) is 1. The monoisotopic (exact) mass is 246 g/mol. The van der Waals surface area contributed by atoms with Gasteiger partial charge in [-0.2, -0.15) is 0 Å². The van der Waals surface area contributed by atoms with Crippen LogP contribution in [-0.2, 0) is 15.6 Å². The quantitative estimate of drug-likeness (QED) is 0.763. The van der Waals surface area contributed by atoms with Gasteiger partial charge in [-0.15, -0.1) is 0 Å². The molecule has 0 aliphatic carbocycles. The van der Waals surface area contributed by atoms with Crippen LogP contribution in [0.15, 0.2) is 12.1 Å². The Morgan fingerprint density at radius 1 is 1.28 bits per heavy atom. The standard InChI is InChI=1S/C15H22N2O/c1-7-17-12-10(15(5,6)13(17)18)8-9-11(16-12)14(2,3)4/h8-9H,7H2,1-6H3. The van der Waals surface area contributed by atoms with Gasteiger partial charge in [0, 0.05) is 23.2 Å². The first-order valence-corrected chi connectivity index (χ1v) is 6.53. The lowest BCUT2D eigenvalue weighted by Gasteiger charge is -2.20. The number of nitrogens with zero attached hydrogens (tertiary/aromatic N) is 2. The van der Waals surface area contributed by atoms with Gasteiger partial charge in [-0.1, -0.05) is 26.8 Å². The zero-order chi connectivity index (χ0) is 13.7. The molecule has 98 valence electrons. The van der Waals surface area contributed by atoms with Crippen LogP contribution >= 0.6 is 0 Å². The molecule has 0 fully saturated rings. The molecule has 3 heteroatoms. The van der Waals surface area contributed by atoms with E-state index in [1.165, 1.54) is 0 Å². The molecule has 3 nitrogen and oxygen atoms in total. The first-order chi connectivity index (χ1) is 8.19. The van der Waals surface area contributed by atoms with Gasteiger partial charge in [-0.3, -0.25) is 9.69 Å². The Kier molecular flexibility index (Phi) is 2.76. The summed E-state index contributed by atoms with van der Waals surface area (Å²) in [6.07, 6.45) is 0. The average Bonchev–Trinajstić information content (AvgIpc) is 2.46. The van der Waals surface area contributed by atoms with Crippen LogP contribution in [0.4, 0.5) is 5.82 Å². The SMILES string of the molecule is CCN1C(=O)C(C)(C)c2ccc(C(C)(C)C)nc21. The van der Waals surface area contributed by atoms with Crippen LogP contribution in [0.25, 0.3) is 0 Å². The maximum absolute atomic E-state index is 12.4. The predicted molar refractivity (Wildman–Crippen MR) is 74.0 cm³/mol. The third-order valence-electron chi connectivity index (χ3n) is 3.67. The van der Waals surface area contributed by atoms with E-state index in [9.17, 15) is 4.79 Å². The third-order valence-corrected chi connectivity index (χ3v) is 3.67. The number of hydrogen-bond donors (Lipinski definition) is 0. The Morgan fingerprint density at radius 2 is 1.89 bits per heavy atom. The fourth-order valence-corrected chi connectivity index (χ4v) is 2.40. The minimum atomic E-state index is -0.450. The van der Waals surface area contributed by atoms with Gasteiger partial charge in [0.25, 0.3) is 0 Å². The minimum Gasteiger partial charge on any atom is -0.296 e. The number of hydrogen-bond acceptors (Lipinski definition) is 2. The summed E-state index contributed by atoms with van der Waals surface area (Å²) in [6, 6.07) is 4.11. The molecule has 1 aliphatic heterocycles. The summed E-state index contributed by atoms with van der Waals surface area (Å²) in [5.74, 6) is 0.999. The summed E-state index contributed by atoms with van der Waals surface area (Å²) in [6.45, 7) is 13.0. The number of rotatable bonds is 1. The molecule has 18 heavy (non-hydrogen) atoms. The molecule has 1 amide bonds. The van der Waals surface area contributed by atoms with Crippen LogP contribution in [0, 0.1) is 0 Å². The molecule has 2 heterocycles. The lowest BCUT2D eigenvalue weighted by molar-refractivity contribution is -0.122. The van der Waals surface area contributed by atoms with Crippen LogP contribution in [-0.4, -0.2) is 17.4 Å². The molecule has 2 rings (SSSR count). The zero-order valence-electron chi connectivity index (χ0n) is 12.2. The van der Waals surface area contributed by atoms with Crippen molar-refractivity contribution in [2.75, 3.05) is 11.4 Å². The van der Waals surface area contributed by atoms with Crippen LogP contribution in [0.1, 0.15) is 52.8 Å². The lowest BCUT2D eigenvalue weighted by Crippen LogP contribution is -2.36. The maximum Gasteiger partial charge on any atom is 0.238 e. The van der Waals surface area contributed by atoms with Crippen molar-refractivity contribution in [3.8, 4) is 0 Å². The van der Waals surface area contributed by atoms with Gasteiger partial charge in [0.1, 0.15) is 5.82 Å². The Labute approximate surface area is 109 Å². The minimum absolute atomic E-state index is 0.00419. The van der Waals surface area contributed by atoms with E-state index in [0.717, 1.165) is 17.1 Å². The molecule has 1 aromatic rings. The number of anilines is 1. The third kappa shape index (κ3) is 1.73. The highest BCUT2D eigenvalue weighted by atomic mass is 16.2. The molecule has 0 saturated carbocycles. The second-order valence-corrected chi connectivity index (χ2v) is 6.49. The molecule has 0 bridgehead atoms. The smallest absolute Gasteiger partial charge is 0.238 e. The van der Waals surface area contributed by atoms with Gasteiger partial charge >= 0.3 is 0 Å². The van der Waals surface area contributed by atoms with Gasteiger partial charge in [0.2, 0.25) is 5.91 Å². The van der Waals surface area contributed by atoms with Gasteiger partial charge in [-0.25, -0.2) is 4.98 Å². The summed E-state index contributed by atoms with van der Waals surface area (Å²) >= 11 is 0. The highest BCUT2D eigenvalue weighted by Gasteiger charge is 2.44. The second-order valence-electron chi connectivity index (χ2n) is 6.49. The van der Waals surface area contributed by atoms with Crippen molar-refractivity contribution in [3.05, 3.63) is 23.4 Å². The largest absolute Gasteiger partial charge is 0.296 e. The first kappa shape index (κ1) is 13.1. The van der Waals surface area contributed by atoms with E-state index in [1.54, 1.807) is 4.90 Å². The van der Waals surface area contributed by atoms with E-state index in [1.807, 2.05) is 26.8 Å². The van der Waals surface area contributed by atoms with Crippen molar-refractivity contribution in [3.63, 3.8) is 0 Å². The van der Waals surface area contributed by atoms with Crippen molar-refractivity contribution < 1.29 is 4.79 Å². The van der Waals surface area contributed by atoms with Gasteiger partial charge in [0.15, 0.2) is 0 Å². The van der Waals surface area contributed by atoms with E-state index in [2.05, 4.69) is 26.8 Å².